The lowest BCUT2D eigenvalue weighted by atomic mass is 9.85. The van der Waals surface area contributed by atoms with E-state index in [4.69, 9.17) is 18.5 Å². The summed E-state index contributed by atoms with van der Waals surface area (Å²) in [4.78, 5) is 47.4. The third-order valence-corrected chi connectivity index (χ3v) is 10.9. The van der Waals surface area contributed by atoms with Crippen LogP contribution in [0, 0.1) is 0 Å². The fourth-order valence-electron chi connectivity index (χ4n) is 6.17. The van der Waals surface area contributed by atoms with Gasteiger partial charge in [-0.1, -0.05) is 131 Å². The minimum atomic E-state index is -5.16. The van der Waals surface area contributed by atoms with E-state index >= 15 is 0 Å². The molecule has 15 heteroatoms. The molecule has 362 valence electrons. The van der Waals surface area contributed by atoms with Gasteiger partial charge in [-0.05, 0) is 83.1 Å². The maximum Gasteiger partial charge on any atom is 0.472 e. The molecule has 0 aromatic rings. The lowest BCUT2D eigenvalue weighted by Crippen LogP contribution is -2.64. The summed E-state index contributed by atoms with van der Waals surface area (Å²) in [5.74, 6) is -1.10. The van der Waals surface area contributed by atoms with Gasteiger partial charge < -0.3 is 39.9 Å². The molecule has 0 radical (unpaired) electrons. The number of ketones is 1. The lowest BCUT2D eigenvalue weighted by molar-refractivity contribution is -0.220. The van der Waals surface area contributed by atoms with Crippen LogP contribution < -0.4 is 0 Å². The molecule has 64 heavy (non-hydrogen) atoms. The second kappa shape index (κ2) is 37.6. The van der Waals surface area contributed by atoms with Crippen LogP contribution in [0.25, 0.3) is 0 Å². The Hall–Kier alpha value is -3.56. The fourth-order valence-corrected chi connectivity index (χ4v) is 7.14. The van der Waals surface area contributed by atoms with Crippen LogP contribution >= 0.6 is 7.82 Å². The van der Waals surface area contributed by atoms with Gasteiger partial charge in [-0.15, -0.1) is 0 Å². The Kier molecular flexibility index (Phi) is 34.4. The number of esters is 2. The third-order valence-electron chi connectivity index (χ3n) is 9.89. The quantitative estimate of drug-likeness (QED) is 0.00870. The number of aliphatic hydroxyl groups excluding tert-OH is 5. The van der Waals surface area contributed by atoms with E-state index in [2.05, 4.69) is 62.5 Å². The first-order chi connectivity index (χ1) is 30.8. The maximum atomic E-state index is 12.8. The zero-order valence-corrected chi connectivity index (χ0v) is 38.9. The average molecular weight is 921 g/mol. The number of hydrogen-bond acceptors (Lipinski definition) is 13. The summed E-state index contributed by atoms with van der Waals surface area (Å²) in [7, 11) is -5.16. The smallest absolute Gasteiger partial charge is 0.462 e. The number of ether oxygens (including phenoxy) is 2. The minimum absolute atomic E-state index is 0.0171. The molecule has 0 amide bonds. The van der Waals surface area contributed by atoms with E-state index < -0.39 is 75.7 Å². The van der Waals surface area contributed by atoms with Gasteiger partial charge in [-0.3, -0.25) is 23.4 Å². The summed E-state index contributed by atoms with van der Waals surface area (Å²) in [6, 6.07) is 0. The van der Waals surface area contributed by atoms with Gasteiger partial charge in [0.1, 0.15) is 43.2 Å². The molecular formula is C49H77O14P. The van der Waals surface area contributed by atoms with E-state index in [1.54, 1.807) is 12.2 Å². The normalized spacial score (nSPS) is 22.4. The highest BCUT2D eigenvalue weighted by molar-refractivity contribution is 7.47. The summed E-state index contributed by atoms with van der Waals surface area (Å²) >= 11 is 0. The van der Waals surface area contributed by atoms with Gasteiger partial charge in [0.05, 0.1) is 6.61 Å². The number of carbonyl (C=O) groups excluding carboxylic acids is 3. The van der Waals surface area contributed by atoms with Gasteiger partial charge in [-0.25, -0.2) is 4.57 Å². The van der Waals surface area contributed by atoms with Crippen molar-refractivity contribution in [2.24, 2.45) is 0 Å². The molecule has 0 heterocycles. The van der Waals surface area contributed by atoms with E-state index in [-0.39, 0.29) is 18.6 Å². The highest BCUT2D eigenvalue weighted by atomic mass is 31.2. The van der Waals surface area contributed by atoms with Crippen molar-refractivity contribution in [3.63, 3.8) is 0 Å². The number of phosphoric ester groups is 1. The Labute approximate surface area is 381 Å². The molecule has 1 aliphatic carbocycles. The first kappa shape index (κ1) is 58.5. The number of unbranched alkanes of at least 4 members (excludes halogenated alkanes) is 7. The SMILES string of the molecule is CC/C=C\C/C=C\C/C=C\C/C=C\CCCCCCC(=O)OC[C@H](COP(=O)(O)OC1[C@H](O)[C@H](O)C(O)[C@H](O)[C@H]1O)OC(=O)CCC/C=C\C/C=C\C/C=C\C=C\C(=O)CCCCC. The van der Waals surface area contributed by atoms with Gasteiger partial charge in [0.25, 0.3) is 0 Å². The zero-order chi connectivity index (χ0) is 47.3. The Morgan fingerprint density at radius 2 is 1.05 bits per heavy atom. The van der Waals surface area contributed by atoms with Crippen molar-refractivity contribution >= 4 is 25.5 Å². The van der Waals surface area contributed by atoms with Crippen LogP contribution in [0.2, 0.25) is 0 Å². The van der Waals surface area contributed by atoms with Crippen molar-refractivity contribution in [1.82, 2.24) is 0 Å². The van der Waals surface area contributed by atoms with Gasteiger partial charge in [0.2, 0.25) is 0 Å². The monoisotopic (exact) mass is 921 g/mol. The van der Waals surface area contributed by atoms with Crippen LogP contribution in [0.15, 0.2) is 97.2 Å². The number of aliphatic hydroxyl groups is 5. The number of hydrogen-bond donors (Lipinski definition) is 6. The molecule has 0 bridgehead atoms. The van der Waals surface area contributed by atoms with Crippen molar-refractivity contribution in [2.75, 3.05) is 13.2 Å². The van der Waals surface area contributed by atoms with Gasteiger partial charge in [0.15, 0.2) is 11.9 Å². The summed E-state index contributed by atoms with van der Waals surface area (Å²) < 4.78 is 33.4. The first-order valence-corrected chi connectivity index (χ1v) is 24.5. The second-order valence-corrected chi connectivity index (χ2v) is 17.0. The molecule has 1 saturated carbocycles. The largest absolute Gasteiger partial charge is 0.472 e. The predicted octanol–water partition coefficient (Wildman–Crippen LogP) is 8.23. The topological polar surface area (TPSA) is 227 Å². The van der Waals surface area contributed by atoms with E-state index in [0.717, 1.165) is 77.0 Å². The highest BCUT2D eigenvalue weighted by Gasteiger charge is 2.51. The van der Waals surface area contributed by atoms with Gasteiger partial charge in [-0.2, -0.15) is 0 Å². The minimum Gasteiger partial charge on any atom is -0.462 e. The molecule has 1 aliphatic rings. The molecule has 0 saturated heterocycles. The van der Waals surface area contributed by atoms with E-state index in [9.17, 15) is 49.4 Å². The zero-order valence-electron chi connectivity index (χ0n) is 38.0. The van der Waals surface area contributed by atoms with Crippen LogP contribution in [0.1, 0.15) is 136 Å². The molecular weight excluding hydrogens is 843 g/mol. The van der Waals surface area contributed by atoms with Crippen LogP contribution in [0.5, 0.6) is 0 Å². The van der Waals surface area contributed by atoms with Crippen molar-refractivity contribution in [3.05, 3.63) is 97.2 Å². The molecule has 1 rings (SSSR count). The summed E-state index contributed by atoms with van der Waals surface area (Å²) in [6.45, 7) is 2.94. The molecule has 1 fully saturated rings. The second-order valence-electron chi connectivity index (χ2n) is 15.6. The van der Waals surface area contributed by atoms with Crippen molar-refractivity contribution < 1.29 is 67.9 Å². The number of rotatable bonds is 36. The summed E-state index contributed by atoms with van der Waals surface area (Å²) in [5, 5.41) is 50.1. The summed E-state index contributed by atoms with van der Waals surface area (Å²) in [5.41, 5.74) is 0. The Balaban J connectivity index is 2.55. The number of allylic oxidation sites excluding steroid dienone is 16. The van der Waals surface area contributed by atoms with Gasteiger partial charge >= 0.3 is 19.8 Å². The molecule has 8 atom stereocenters. The van der Waals surface area contributed by atoms with Crippen molar-refractivity contribution in [3.8, 4) is 0 Å². The number of phosphoric acid groups is 1. The average Bonchev–Trinajstić information content (AvgIpc) is 3.27. The highest BCUT2D eigenvalue weighted by Crippen LogP contribution is 2.47. The molecule has 0 spiro atoms. The Morgan fingerprint density at radius 3 is 1.64 bits per heavy atom. The van der Waals surface area contributed by atoms with Crippen molar-refractivity contribution in [2.45, 2.75) is 179 Å². The van der Waals surface area contributed by atoms with Crippen LogP contribution in [0.4, 0.5) is 0 Å². The third kappa shape index (κ3) is 29.8. The van der Waals surface area contributed by atoms with E-state index in [1.165, 1.54) is 0 Å². The molecule has 0 aliphatic heterocycles. The fraction of sp³-hybridized carbons (Fsp3) is 0.612. The molecule has 14 nitrogen and oxygen atoms in total. The predicted molar refractivity (Wildman–Crippen MR) is 249 cm³/mol. The van der Waals surface area contributed by atoms with Crippen LogP contribution in [-0.2, 0) is 37.5 Å². The number of carbonyl (C=O) groups is 3. The van der Waals surface area contributed by atoms with E-state index in [1.807, 2.05) is 36.5 Å². The molecule has 0 aromatic heterocycles. The summed E-state index contributed by atoms with van der Waals surface area (Å²) in [6.07, 6.45) is 33.0. The van der Waals surface area contributed by atoms with Gasteiger partial charge in [0, 0.05) is 19.3 Å². The Morgan fingerprint density at radius 1 is 0.547 bits per heavy atom. The molecule has 6 N–H and O–H groups in total. The van der Waals surface area contributed by atoms with Crippen molar-refractivity contribution in [1.29, 1.82) is 0 Å². The first-order valence-electron chi connectivity index (χ1n) is 23.0. The maximum absolute atomic E-state index is 12.8. The molecule has 0 aromatic carbocycles. The molecule has 3 unspecified atom stereocenters. The van der Waals surface area contributed by atoms with Crippen LogP contribution in [0.3, 0.4) is 0 Å². The standard InChI is InChI=1S/C49H77O14P/c1-3-5-7-8-9-10-11-12-13-14-15-16-19-22-25-28-32-36-42(51)60-38-41(39-61-64(58,59)63-49-47(56)45(54)44(53)46(55)48(49)57)62-43(52)37-33-29-26-23-20-17-18-21-24-27-31-35-40(50)34-30-6-4-2/h5,7,9-10,12-13,15-18,23-24,26-27,31,35,41,44-49,53-57H,3-4,6,8,11,14,19-22,25,28-30,32-34,36-39H2,1-2H3,(H,58,59)/b7-5-,10-9-,13-12-,16-15-,18-17-,26-23-,27-24-,35-31+/t41-,44?,45-,46+,47-,48-,49?/m1/s1. The van der Waals surface area contributed by atoms with Crippen LogP contribution in [-0.4, -0.2) is 104 Å². The Bertz CT molecular complexity index is 1550. The lowest BCUT2D eigenvalue weighted by Gasteiger charge is -2.41. The van der Waals surface area contributed by atoms with E-state index in [0.29, 0.717) is 32.1 Å².